The van der Waals surface area contributed by atoms with Crippen molar-refractivity contribution < 1.29 is 20.6 Å². The third-order valence-corrected chi connectivity index (χ3v) is 2.41. The molecule has 0 amide bonds. The van der Waals surface area contributed by atoms with Crippen LogP contribution in [0.15, 0.2) is 24.5 Å². The zero-order valence-electron chi connectivity index (χ0n) is 9.77. The summed E-state index contributed by atoms with van der Waals surface area (Å²) in [5.74, 6) is 0.958. The van der Waals surface area contributed by atoms with Crippen molar-refractivity contribution in [2.24, 2.45) is 0 Å². The molecular formula is C13H16AgN2. The summed E-state index contributed by atoms with van der Waals surface area (Å²) < 4.78 is 3.06. The summed E-state index contributed by atoms with van der Waals surface area (Å²) in [5, 5.41) is 0. The Balaban J connectivity index is 0.000000606. The first-order valence-electron chi connectivity index (χ1n) is 4.97. The number of nitrogens with zero attached hydrogens (tertiary/aromatic N) is 1. The van der Waals surface area contributed by atoms with Crippen LogP contribution in [-0.2, 0) is 20.6 Å². The Morgan fingerprint density at radius 2 is 1.69 bits per heavy atom. The topological polar surface area (TPSA) is 28.7 Å². The second-order valence-corrected chi connectivity index (χ2v) is 3.71. The van der Waals surface area contributed by atoms with Gasteiger partial charge < -0.3 is 4.98 Å². The Labute approximate surface area is 109 Å². The van der Waals surface area contributed by atoms with Crippen LogP contribution in [0, 0.1) is 20.8 Å². The number of rotatable bonds is 1. The van der Waals surface area contributed by atoms with E-state index in [1.165, 1.54) is 22.3 Å². The molecule has 2 nitrogen and oxygen atoms in total. The molecule has 3 heteroatoms. The Morgan fingerprint density at radius 1 is 1.12 bits per heavy atom. The summed E-state index contributed by atoms with van der Waals surface area (Å²) >= 11 is 2.70. The first-order valence-corrected chi connectivity index (χ1v) is 6.02. The van der Waals surface area contributed by atoms with Crippen LogP contribution in [0.4, 0.5) is 0 Å². The van der Waals surface area contributed by atoms with Gasteiger partial charge in [-0.25, -0.2) is 4.98 Å². The zero-order chi connectivity index (χ0) is 12.1. The number of aromatic nitrogens is 2. The number of aryl methyl sites for hydroxylation is 3. The quantitative estimate of drug-likeness (QED) is 0.806. The molecule has 0 saturated carbocycles. The van der Waals surface area contributed by atoms with Gasteiger partial charge in [0, 0.05) is 18.0 Å². The van der Waals surface area contributed by atoms with Gasteiger partial charge in [-0.15, -0.1) is 0 Å². The fourth-order valence-electron chi connectivity index (χ4n) is 1.96. The van der Waals surface area contributed by atoms with E-state index in [0.29, 0.717) is 0 Å². The van der Waals surface area contributed by atoms with Crippen LogP contribution in [0.25, 0.3) is 11.4 Å². The molecule has 0 radical (unpaired) electrons. The molecule has 16 heavy (non-hydrogen) atoms. The van der Waals surface area contributed by atoms with Crippen molar-refractivity contribution in [3.63, 3.8) is 0 Å². The summed E-state index contributed by atoms with van der Waals surface area (Å²) in [6.07, 6.45) is 3.64. The van der Waals surface area contributed by atoms with Crippen LogP contribution in [0.5, 0.6) is 0 Å². The normalized spacial score (nSPS) is 9.56. The first kappa shape index (κ1) is 13.1. The van der Waals surface area contributed by atoms with Gasteiger partial charge >= 0.3 is 25.3 Å². The van der Waals surface area contributed by atoms with Gasteiger partial charge in [0.15, 0.2) is 0 Å². The summed E-state index contributed by atoms with van der Waals surface area (Å²) in [6.45, 7) is 6.36. The van der Waals surface area contributed by atoms with Gasteiger partial charge in [-0.3, -0.25) is 0 Å². The third kappa shape index (κ3) is 2.79. The molecule has 0 saturated heterocycles. The third-order valence-electron chi connectivity index (χ3n) is 2.41. The van der Waals surface area contributed by atoms with Crippen LogP contribution in [0.3, 0.4) is 0 Å². The van der Waals surface area contributed by atoms with E-state index in [1.54, 1.807) is 6.20 Å². The molecule has 0 aliphatic rings. The molecule has 1 aromatic carbocycles. The van der Waals surface area contributed by atoms with E-state index in [2.05, 4.69) is 68.2 Å². The minimum absolute atomic E-state index is 0.958. The van der Waals surface area contributed by atoms with Crippen molar-refractivity contribution in [3.05, 3.63) is 41.2 Å². The number of nitrogens with one attached hydrogen (secondary N) is 1. The van der Waals surface area contributed by atoms with Crippen LogP contribution >= 0.6 is 0 Å². The van der Waals surface area contributed by atoms with Gasteiger partial charge in [-0.1, -0.05) is 17.7 Å². The second-order valence-electron chi connectivity index (χ2n) is 3.71. The fourth-order valence-corrected chi connectivity index (χ4v) is 1.96. The molecule has 0 aliphatic carbocycles. The van der Waals surface area contributed by atoms with Crippen LogP contribution in [0.2, 0.25) is 0 Å². The molecule has 0 bridgehead atoms. The number of imidazole rings is 1. The van der Waals surface area contributed by atoms with Crippen LogP contribution in [-0.4, -0.2) is 14.7 Å². The van der Waals surface area contributed by atoms with Gasteiger partial charge in [-0.05, 0) is 31.9 Å². The van der Waals surface area contributed by atoms with Gasteiger partial charge in [0.05, 0.1) is 0 Å². The van der Waals surface area contributed by atoms with E-state index in [0.717, 1.165) is 5.82 Å². The van der Waals surface area contributed by atoms with Gasteiger partial charge in [0.2, 0.25) is 0 Å². The molecular weight excluding hydrogens is 292 g/mol. The molecule has 2 rings (SSSR count). The molecule has 0 spiro atoms. The van der Waals surface area contributed by atoms with Gasteiger partial charge in [0.25, 0.3) is 0 Å². The maximum atomic E-state index is 4.28. The van der Waals surface area contributed by atoms with Crippen molar-refractivity contribution in [1.82, 2.24) is 9.97 Å². The van der Waals surface area contributed by atoms with Crippen molar-refractivity contribution in [3.8, 4) is 11.4 Å². The van der Waals surface area contributed by atoms with E-state index in [-0.39, 0.29) is 0 Å². The molecule has 1 N–H and O–H groups in total. The van der Waals surface area contributed by atoms with E-state index in [9.17, 15) is 0 Å². The van der Waals surface area contributed by atoms with Gasteiger partial charge in [-0.2, -0.15) is 0 Å². The van der Waals surface area contributed by atoms with Gasteiger partial charge in [0.1, 0.15) is 5.82 Å². The fraction of sp³-hybridized carbons (Fsp3) is 0.231. The first-order chi connectivity index (χ1) is 7.68. The Bertz CT molecular complexity index is 438. The molecule has 0 aliphatic heterocycles. The van der Waals surface area contributed by atoms with E-state index < -0.39 is 0 Å². The molecule has 0 unspecified atom stereocenters. The Kier molecular flexibility index (Phi) is 4.87. The molecule has 2 aromatic rings. The summed E-state index contributed by atoms with van der Waals surface area (Å²) in [4.78, 5) is 7.43. The number of benzene rings is 1. The Hall–Kier alpha value is -0.960. The maximum absolute atomic E-state index is 4.28. The molecule has 1 heterocycles. The number of aromatic amines is 1. The average molecular weight is 308 g/mol. The Morgan fingerprint density at radius 3 is 2.12 bits per heavy atom. The zero-order valence-corrected chi connectivity index (χ0v) is 11.2. The van der Waals surface area contributed by atoms with E-state index in [4.69, 9.17) is 0 Å². The van der Waals surface area contributed by atoms with Crippen molar-refractivity contribution >= 4 is 4.73 Å². The van der Waals surface area contributed by atoms with Crippen molar-refractivity contribution in [2.75, 3.05) is 0 Å². The number of hydrogen-bond donors (Lipinski definition) is 1. The SMILES string of the molecule is Cc1cc(C)c(-c2ncc[nH]2)c(C)c1.[CH2]=[Ag]. The van der Waals surface area contributed by atoms with Crippen LogP contribution < -0.4 is 0 Å². The number of hydrogen-bond acceptors (Lipinski definition) is 1. The number of H-pyrrole nitrogens is 1. The predicted octanol–water partition coefficient (Wildman–Crippen LogP) is 2.97. The average Bonchev–Trinajstić information content (AvgIpc) is 2.72. The van der Waals surface area contributed by atoms with E-state index in [1.807, 2.05) is 6.20 Å². The monoisotopic (exact) mass is 307 g/mol. The second kappa shape index (κ2) is 5.94. The summed E-state index contributed by atoms with van der Waals surface area (Å²) in [5.41, 5.74) is 5.07. The summed E-state index contributed by atoms with van der Waals surface area (Å²) in [7, 11) is 0. The molecule has 0 fully saturated rings. The van der Waals surface area contributed by atoms with E-state index >= 15 is 0 Å². The molecule has 0 atom stereocenters. The van der Waals surface area contributed by atoms with Crippen molar-refractivity contribution in [2.45, 2.75) is 20.8 Å². The summed E-state index contributed by atoms with van der Waals surface area (Å²) in [6, 6.07) is 4.37. The van der Waals surface area contributed by atoms with Crippen LogP contribution in [0.1, 0.15) is 16.7 Å². The predicted molar refractivity (Wildman–Crippen MR) is 65.4 cm³/mol. The standard InChI is InChI=1S/C12H14N2.CH2.Ag/c1-8-6-9(2)11(10(3)7-8)12-13-4-5-14-12;;/h4-7H,1-3H3,(H,13,14);1H2;. The molecule has 89 valence electrons. The molecule has 1 aromatic heterocycles. The minimum atomic E-state index is 0.958. The van der Waals surface area contributed by atoms with Crippen molar-refractivity contribution in [1.29, 1.82) is 0 Å².